The summed E-state index contributed by atoms with van der Waals surface area (Å²) >= 11 is 1.28. The maximum atomic E-state index is 14.9. The van der Waals surface area contributed by atoms with E-state index >= 15 is 0 Å². The molecule has 234 valence electrons. The van der Waals surface area contributed by atoms with Crippen molar-refractivity contribution in [3.05, 3.63) is 58.4 Å². The van der Waals surface area contributed by atoms with Gasteiger partial charge in [0.1, 0.15) is 17.4 Å². The normalized spacial score (nSPS) is 21.7. The molecule has 44 heavy (non-hydrogen) atoms. The van der Waals surface area contributed by atoms with E-state index in [0.29, 0.717) is 42.6 Å². The summed E-state index contributed by atoms with van der Waals surface area (Å²) in [5, 5.41) is 13.0. The second-order valence-corrected chi connectivity index (χ2v) is 13.1. The number of nitriles is 1. The van der Waals surface area contributed by atoms with Crippen molar-refractivity contribution >= 4 is 28.7 Å². The standard InChI is InChI=1S/C31H36F3N7O2S/c1-3-39(2)44-38-26-7-5-24(32)28(23(26)17-35)43-21-4-6-25-22(14-21)29(42)41(19-37-25)20-15-30(16-20)9-12-40(13-10-30)27-8-11-36-18-31(27,33)34/h4-7,14,19-20,27,36,38H,3,8-13,15-16,18H2,1-2H3. The van der Waals surface area contributed by atoms with Gasteiger partial charge in [0.25, 0.3) is 11.5 Å². The summed E-state index contributed by atoms with van der Waals surface area (Å²) in [5.74, 6) is -3.42. The highest BCUT2D eigenvalue weighted by molar-refractivity contribution is 7.98. The number of rotatable bonds is 8. The molecule has 1 saturated carbocycles. The molecule has 3 heterocycles. The zero-order valence-electron chi connectivity index (χ0n) is 24.8. The number of hydrogen-bond acceptors (Lipinski definition) is 9. The zero-order chi connectivity index (χ0) is 31.1. The second-order valence-electron chi connectivity index (χ2n) is 12.1. The van der Waals surface area contributed by atoms with E-state index in [-0.39, 0.29) is 40.6 Å². The summed E-state index contributed by atoms with van der Waals surface area (Å²) in [4.78, 5) is 20.1. The first-order valence-electron chi connectivity index (χ1n) is 15.0. The van der Waals surface area contributed by atoms with E-state index in [9.17, 15) is 23.2 Å². The molecule has 0 radical (unpaired) electrons. The Balaban J connectivity index is 1.17. The molecule has 2 N–H and O–H groups in total. The maximum absolute atomic E-state index is 14.9. The minimum absolute atomic E-state index is 0.0142. The summed E-state index contributed by atoms with van der Waals surface area (Å²) in [5.41, 5.74) is 0.743. The fraction of sp³-hybridized carbons (Fsp3) is 0.516. The van der Waals surface area contributed by atoms with Gasteiger partial charge in [-0.25, -0.2) is 22.5 Å². The van der Waals surface area contributed by atoms with Crippen molar-refractivity contribution in [2.24, 2.45) is 5.41 Å². The molecule has 1 aliphatic carbocycles. The molecule has 0 amide bonds. The van der Waals surface area contributed by atoms with Crippen LogP contribution in [0.5, 0.6) is 11.5 Å². The number of likely N-dealkylation sites (tertiary alicyclic amines) is 1. The lowest BCUT2D eigenvalue weighted by atomic mass is 9.60. The van der Waals surface area contributed by atoms with E-state index in [1.807, 2.05) is 29.2 Å². The second kappa shape index (κ2) is 12.2. The highest BCUT2D eigenvalue weighted by Crippen LogP contribution is 2.55. The van der Waals surface area contributed by atoms with Gasteiger partial charge < -0.3 is 14.8 Å². The van der Waals surface area contributed by atoms with Gasteiger partial charge in [-0.15, -0.1) is 0 Å². The minimum Gasteiger partial charge on any atom is -0.453 e. The fourth-order valence-electron chi connectivity index (χ4n) is 6.73. The molecule has 0 bridgehead atoms. The van der Waals surface area contributed by atoms with Gasteiger partial charge in [0.05, 0.1) is 35.5 Å². The first kappa shape index (κ1) is 30.7. The minimum atomic E-state index is -2.72. The SMILES string of the molecule is CCN(C)SNc1ccc(F)c(Oc2ccc3ncn(C4CC5(CCN(C6CCNCC6(F)F)CC5)C4)c(=O)c3c2)c1C#N. The van der Waals surface area contributed by atoms with Crippen molar-refractivity contribution in [1.82, 2.24) is 24.1 Å². The van der Waals surface area contributed by atoms with Gasteiger partial charge in [0.2, 0.25) is 0 Å². The van der Waals surface area contributed by atoms with Gasteiger partial charge in [-0.2, -0.15) is 5.26 Å². The number of anilines is 1. The zero-order valence-corrected chi connectivity index (χ0v) is 25.6. The third-order valence-electron chi connectivity index (χ3n) is 9.43. The highest BCUT2D eigenvalue weighted by atomic mass is 32.2. The van der Waals surface area contributed by atoms with Crippen LogP contribution in [0, 0.1) is 22.6 Å². The molecule has 2 aromatic carbocycles. The Labute approximate surface area is 258 Å². The number of alkyl halides is 2. The number of piperidine rings is 2. The molecule has 2 aliphatic heterocycles. The number of hydrogen-bond donors (Lipinski definition) is 2. The van der Waals surface area contributed by atoms with Crippen molar-refractivity contribution in [2.75, 3.05) is 44.5 Å². The van der Waals surface area contributed by atoms with Crippen molar-refractivity contribution in [2.45, 2.75) is 57.0 Å². The Bertz CT molecular complexity index is 1630. The summed E-state index contributed by atoms with van der Waals surface area (Å²) in [6, 6.07) is 8.78. The van der Waals surface area contributed by atoms with E-state index < -0.39 is 17.8 Å². The van der Waals surface area contributed by atoms with Crippen LogP contribution >= 0.6 is 12.1 Å². The molecule has 6 rings (SSSR count). The third kappa shape index (κ3) is 5.88. The number of ether oxygens (including phenoxy) is 1. The monoisotopic (exact) mass is 627 g/mol. The Kier molecular flexibility index (Phi) is 8.54. The Morgan fingerprint density at radius 1 is 1.25 bits per heavy atom. The largest absolute Gasteiger partial charge is 0.453 e. The molecule has 1 spiro atoms. The Hall–Kier alpha value is -3.31. The first-order valence-corrected chi connectivity index (χ1v) is 15.8. The summed E-state index contributed by atoms with van der Waals surface area (Å²) in [6.07, 6.45) is 5.30. The molecule has 1 unspecified atom stereocenters. The smallest absolute Gasteiger partial charge is 0.275 e. The molecule has 2 saturated heterocycles. The van der Waals surface area contributed by atoms with Gasteiger partial charge in [-0.05, 0) is 94.5 Å². The first-order chi connectivity index (χ1) is 21.1. The molecule has 3 fully saturated rings. The Morgan fingerprint density at radius 2 is 2.02 bits per heavy atom. The molecule has 1 atom stereocenters. The van der Waals surface area contributed by atoms with Gasteiger partial charge in [0, 0.05) is 24.7 Å². The van der Waals surface area contributed by atoms with E-state index in [4.69, 9.17) is 4.74 Å². The van der Waals surface area contributed by atoms with Gasteiger partial charge in [0.15, 0.2) is 11.6 Å². The quantitative estimate of drug-likeness (QED) is 0.312. The highest BCUT2D eigenvalue weighted by Gasteiger charge is 2.51. The van der Waals surface area contributed by atoms with Crippen LogP contribution in [-0.4, -0.2) is 70.5 Å². The average Bonchev–Trinajstić information content (AvgIpc) is 3.00. The van der Waals surface area contributed by atoms with Crippen LogP contribution in [0.1, 0.15) is 50.6 Å². The van der Waals surface area contributed by atoms with E-state index in [0.717, 1.165) is 32.2 Å². The number of aromatic nitrogens is 2. The van der Waals surface area contributed by atoms with Crippen LogP contribution in [0.3, 0.4) is 0 Å². The number of nitrogens with zero attached hydrogens (tertiary/aromatic N) is 5. The Morgan fingerprint density at radius 3 is 2.73 bits per heavy atom. The number of fused-ring (bicyclic) bond motifs is 1. The third-order valence-corrected chi connectivity index (χ3v) is 10.3. The van der Waals surface area contributed by atoms with Crippen molar-refractivity contribution < 1.29 is 17.9 Å². The van der Waals surface area contributed by atoms with E-state index in [1.54, 1.807) is 23.0 Å². The van der Waals surface area contributed by atoms with Crippen LogP contribution < -0.4 is 20.3 Å². The molecule has 9 nitrogen and oxygen atoms in total. The molecule has 13 heteroatoms. The predicted octanol–water partition coefficient (Wildman–Crippen LogP) is 5.54. The van der Waals surface area contributed by atoms with Gasteiger partial charge >= 0.3 is 0 Å². The summed E-state index contributed by atoms with van der Waals surface area (Å²) in [6.45, 7) is 4.38. The molecular weight excluding hydrogens is 591 g/mol. The molecule has 3 aliphatic rings. The number of benzene rings is 2. The van der Waals surface area contributed by atoms with Crippen LogP contribution in [0.25, 0.3) is 10.9 Å². The van der Waals surface area contributed by atoms with Crippen LogP contribution in [0.15, 0.2) is 41.5 Å². The van der Waals surface area contributed by atoms with Crippen LogP contribution in [-0.2, 0) is 0 Å². The van der Waals surface area contributed by atoms with E-state index in [1.165, 1.54) is 30.3 Å². The van der Waals surface area contributed by atoms with Crippen LogP contribution in [0.2, 0.25) is 0 Å². The predicted molar refractivity (Wildman–Crippen MR) is 164 cm³/mol. The lowest BCUT2D eigenvalue weighted by molar-refractivity contribution is -0.116. The lowest BCUT2D eigenvalue weighted by Gasteiger charge is -2.54. The summed E-state index contributed by atoms with van der Waals surface area (Å²) < 4.78 is 56.4. The van der Waals surface area contributed by atoms with Gasteiger partial charge in [-0.3, -0.25) is 14.3 Å². The van der Waals surface area contributed by atoms with Crippen LogP contribution in [0.4, 0.5) is 18.9 Å². The topological polar surface area (TPSA) is 98.4 Å². The number of nitrogens with one attached hydrogen (secondary N) is 2. The van der Waals surface area contributed by atoms with E-state index in [2.05, 4.69) is 15.0 Å². The molecular formula is C31H36F3N7O2S. The van der Waals surface area contributed by atoms with Crippen molar-refractivity contribution in [3.63, 3.8) is 0 Å². The van der Waals surface area contributed by atoms with Crippen molar-refractivity contribution in [3.8, 4) is 17.6 Å². The summed E-state index contributed by atoms with van der Waals surface area (Å²) in [7, 11) is 1.88. The molecule has 1 aromatic heterocycles. The lowest BCUT2D eigenvalue weighted by Crippen LogP contribution is -2.60. The maximum Gasteiger partial charge on any atom is 0.275 e. The fourth-order valence-corrected chi connectivity index (χ4v) is 7.28. The average molecular weight is 628 g/mol. The van der Waals surface area contributed by atoms with Gasteiger partial charge in [-0.1, -0.05) is 6.92 Å². The van der Waals surface area contributed by atoms with Crippen molar-refractivity contribution in [1.29, 1.82) is 5.26 Å². The molecule has 3 aromatic rings. The number of halogens is 3.